The number of rotatable bonds is 1. The van der Waals surface area contributed by atoms with Crippen molar-refractivity contribution < 1.29 is 14.4 Å². The van der Waals surface area contributed by atoms with E-state index in [-0.39, 0.29) is 30.9 Å². The molecule has 4 nitrogen and oxygen atoms in total. The molecule has 1 aliphatic heterocycles. The molecule has 0 bridgehead atoms. The lowest BCUT2D eigenvalue weighted by atomic mass is 10.1. The van der Waals surface area contributed by atoms with Gasteiger partial charge in [-0.05, 0) is 6.92 Å². The van der Waals surface area contributed by atoms with Gasteiger partial charge in [0, 0.05) is 25.8 Å². The van der Waals surface area contributed by atoms with Crippen molar-refractivity contribution in [3.05, 3.63) is 0 Å². The number of imide groups is 1. The number of carbonyl (C=O) groups is 3. The Balaban J connectivity index is 0. The molecule has 0 aliphatic carbocycles. The SMILES string of the molecule is C.CC1CC(=O)N(C)C1=O.CCC(C)=O. The fourth-order valence-electron chi connectivity index (χ4n) is 0.940. The Morgan fingerprint density at radius 1 is 1.47 bits per heavy atom. The van der Waals surface area contributed by atoms with E-state index in [0.717, 1.165) is 0 Å². The minimum absolute atomic E-state index is 0. The Morgan fingerprint density at radius 2 is 1.87 bits per heavy atom. The van der Waals surface area contributed by atoms with E-state index in [9.17, 15) is 14.4 Å². The highest BCUT2D eigenvalue weighted by molar-refractivity contribution is 6.02. The van der Waals surface area contributed by atoms with Crippen LogP contribution in [0.3, 0.4) is 0 Å². The normalized spacial score (nSPS) is 19.2. The van der Waals surface area contributed by atoms with E-state index in [1.54, 1.807) is 13.8 Å². The molecule has 1 aliphatic rings. The van der Waals surface area contributed by atoms with Gasteiger partial charge in [-0.3, -0.25) is 14.5 Å². The van der Waals surface area contributed by atoms with Crippen LogP contribution in [0.1, 0.15) is 41.0 Å². The smallest absolute Gasteiger partial charge is 0.232 e. The van der Waals surface area contributed by atoms with Crippen LogP contribution in [0.15, 0.2) is 0 Å². The van der Waals surface area contributed by atoms with Crippen molar-refractivity contribution in [1.82, 2.24) is 4.90 Å². The molecule has 0 aromatic rings. The van der Waals surface area contributed by atoms with Crippen molar-refractivity contribution in [3.8, 4) is 0 Å². The van der Waals surface area contributed by atoms with Crippen LogP contribution in [-0.2, 0) is 14.4 Å². The van der Waals surface area contributed by atoms with Gasteiger partial charge in [-0.2, -0.15) is 0 Å². The van der Waals surface area contributed by atoms with Gasteiger partial charge in [0.15, 0.2) is 0 Å². The van der Waals surface area contributed by atoms with E-state index < -0.39 is 0 Å². The Bertz CT molecular complexity index is 248. The van der Waals surface area contributed by atoms with Crippen molar-refractivity contribution in [2.45, 2.75) is 41.0 Å². The number of likely N-dealkylation sites (tertiary alicyclic amines) is 1. The first kappa shape index (κ1) is 16.2. The molecule has 1 rings (SSSR count). The van der Waals surface area contributed by atoms with Gasteiger partial charge in [0.1, 0.15) is 5.78 Å². The van der Waals surface area contributed by atoms with Crippen molar-refractivity contribution in [2.75, 3.05) is 7.05 Å². The van der Waals surface area contributed by atoms with E-state index in [4.69, 9.17) is 0 Å². The first-order valence-electron chi connectivity index (χ1n) is 4.70. The summed E-state index contributed by atoms with van der Waals surface area (Å²) in [5, 5.41) is 0. The Morgan fingerprint density at radius 3 is 1.93 bits per heavy atom. The molecular weight excluding hydrogens is 194 g/mol. The summed E-state index contributed by atoms with van der Waals surface area (Å²) in [6.07, 6.45) is 1.05. The van der Waals surface area contributed by atoms with E-state index in [2.05, 4.69) is 0 Å². The topological polar surface area (TPSA) is 54.5 Å². The largest absolute Gasteiger partial charge is 0.300 e. The van der Waals surface area contributed by atoms with Crippen LogP contribution in [0.2, 0.25) is 0 Å². The predicted octanol–water partition coefficient (Wildman–Crippen LogP) is 1.63. The molecule has 0 aromatic heterocycles. The quantitative estimate of drug-likeness (QED) is 0.625. The number of carbonyl (C=O) groups excluding carboxylic acids is 3. The third-order valence-electron chi connectivity index (χ3n) is 2.10. The zero-order valence-electron chi connectivity index (χ0n) is 9.16. The van der Waals surface area contributed by atoms with Crippen LogP contribution >= 0.6 is 0 Å². The average Bonchev–Trinajstić information content (AvgIpc) is 2.34. The summed E-state index contributed by atoms with van der Waals surface area (Å²) in [6, 6.07) is 0. The predicted molar refractivity (Wildman–Crippen MR) is 59.3 cm³/mol. The van der Waals surface area contributed by atoms with E-state index in [0.29, 0.717) is 12.8 Å². The number of hydrogen-bond acceptors (Lipinski definition) is 3. The lowest BCUT2D eigenvalue weighted by molar-refractivity contribution is -0.137. The van der Waals surface area contributed by atoms with Crippen LogP contribution in [0.25, 0.3) is 0 Å². The van der Waals surface area contributed by atoms with Crippen LogP contribution in [-0.4, -0.2) is 29.5 Å². The number of Topliss-reactive ketones (excluding diaryl/α,β-unsaturated/α-hetero) is 1. The molecule has 88 valence electrons. The van der Waals surface area contributed by atoms with Crippen LogP contribution < -0.4 is 0 Å². The summed E-state index contributed by atoms with van der Waals surface area (Å²) < 4.78 is 0. The third-order valence-corrected chi connectivity index (χ3v) is 2.10. The summed E-state index contributed by atoms with van der Waals surface area (Å²) in [4.78, 5) is 32.5. The Kier molecular flexibility index (Phi) is 7.74. The Labute approximate surface area is 91.6 Å². The van der Waals surface area contributed by atoms with Gasteiger partial charge < -0.3 is 4.79 Å². The zero-order chi connectivity index (χ0) is 11.3. The standard InChI is InChI=1S/C6H9NO2.C4H8O.CH4/c1-4-3-5(8)7(2)6(4)9;1-3-4(2)5;/h4H,3H2,1-2H3;3H2,1-2H3;1H4. The van der Waals surface area contributed by atoms with Gasteiger partial charge in [0.2, 0.25) is 11.8 Å². The minimum atomic E-state index is -0.0949. The molecule has 0 N–H and O–H groups in total. The van der Waals surface area contributed by atoms with Crippen molar-refractivity contribution in [1.29, 1.82) is 0 Å². The molecule has 1 saturated heterocycles. The lowest BCUT2D eigenvalue weighted by Gasteiger charge is -2.03. The monoisotopic (exact) mass is 215 g/mol. The van der Waals surface area contributed by atoms with Crippen LogP contribution in [0, 0.1) is 5.92 Å². The van der Waals surface area contributed by atoms with Gasteiger partial charge in [0.05, 0.1) is 0 Å². The van der Waals surface area contributed by atoms with Gasteiger partial charge in [-0.1, -0.05) is 21.3 Å². The molecular formula is C11H21NO3. The second kappa shape index (κ2) is 7.15. The zero-order valence-corrected chi connectivity index (χ0v) is 9.16. The van der Waals surface area contributed by atoms with Gasteiger partial charge in [0.25, 0.3) is 0 Å². The summed E-state index contributed by atoms with van der Waals surface area (Å²) in [5.41, 5.74) is 0. The molecule has 1 unspecified atom stereocenters. The highest BCUT2D eigenvalue weighted by atomic mass is 16.2. The number of amides is 2. The molecule has 0 aromatic carbocycles. The molecule has 15 heavy (non-hydrogen) atoms. The summed E-state index contributed by atoms with van der Waals surface area (Å²) >= 11 is 0. The van der Waals surface area contributed by atoms with Gasteiger partial charge >= 0.3 is 0 Å². The molecule has 4 heteroatoms. The molecule has 1 atom stereocenters. The molecule has 0 spiro atoms. The summed E-state index contributed by atoms with van der Waals surface area (Å²) in [5.74, 6) is 0.0417. The third kappa shape index (κ3) is 5.30. The number of ketones is 1. The first-order chi connectivity index (χ1) is 6.40. The van der Waals surface area contributed by atoms with Crippen molar-refractivity contribution >= 4 is 17.6 Å². The fourth-order valence-corrected chi connectivity index (χ4v) is 0.940. The van der Waals surface area contributed by atoms with Crippen molar-refractivity contribution in [2.24, 2.45) is 5.92 Å². The summed E-state index contributed by atoms with van der Waals surface area (Å²) in [7, 11) is 1.52. The van der Waals surface area contributed by atoms with Crippen LogP contribution in [0.4, 0.5) is 0 Å². The lowest BCUT2D eigenvalue weighted by Crippen LogP contribution is -2.24. The van der Waals surface area contributed by atoms with Gasteiger partial charge in [-0.15, -0.1) is 0 Å². The maximum atomic E-state index is 10.8. The Hall–Kier alpha value is -1.19. The number of hydrogen-bond donors (Lipinski definition) is 0. The van der Waals surface area contributed by atoms with Gasteiger partial charge in [-0.25, -0.2) is 0 Å². The second-order valence-electron chi connectivity index (χ2n) is 3.45. The molecule has 0 saturated carbocycles. The van der Waals surface area contributed by atoms with E-state index >= 15 is 0 Å². The van der Waals surface area contributed by atoms with Crippen molar-refractivity contribution in [3.63, 3.8) is 0 Å². The highest BCUT2D eigenvalue weighted by Crippen LogP contribution is 2.15. The molecule has 1 heterocycles. The average molecular weight is 215 g/mol. The first-order valence-corrected chi connectivity index (χ1v) is 4.70. The number of nitrogens with zero attached hydrogens (tertiary/aromatic N) is 1. The molecule has 0 radical (unpaired) electrons. The highest BCUT2D eigenvalue weighted by Gasteiger charge is 2.32. The maximum absolute atomic E-state index is 10.8. The maximum Gasteiger partial charge on any atom is 0.232 e. The molecule has 1 fully saturated rings. The fraction of sp³-hybridized carbons (Fsp3) is 0.727. The molecule has 2 amide bonds. The summed E-state index contributed by atoms with van der Waals surface area (Å²) in [6.45, 7) is 5.20. The van der Waals surface area contributed by atoms with Crippen LogP contribution in [0.5, 0.6) is 0 Å². The second-order valence-corrected chi connectivity index (χ2v) is 3.45. The van der Waals surface area contributed by atoms with E-state index in [1.165, 1.54) is 11.9 Å². The van der Waals surface area contributed by atoms with E-state index in [1.807, 2.05) is 6.92 Å². The minimum Gasteiger partial charge on any atom is -0.300 e.